The van der Waals surface area contributed by atoms with Gasteiger partial charge in [-0.05, 0) is 129 Å². The van der Waals surface area contributed by atoms with Crippen molar-refractivity contribution < 1.29 is 28.2 Å². The third kappa shape index (κ3) is 7.37. The van der Waals surface area contributed by atoms with E-state index < -0.39 is 35.4 Å². The normalized spacial score (nSPS) is 25.0. The summed E-state index contributed by atoms with van der Waals surface area (Å²) in [5.74, 6) is 6.69. The lowest BCUT2D eigenvalue weighted by atomic mass is 9.69. The molecule has 0 saturated carbocycles. The Bertz CT molecular complexity index is 2570. The molecule has 0 spiro atoms. The molecule has 0 saturated heterocycles. The van der Waals surface area contributed by atoms with E-state index in [-0.39, 0.29) is 36.2 Å². The molecule has 4 aliphatic heterocycles. The summed E-state index contributed by atoms with van der Waals surface area (Å²) in [7, 11) is 0. The van der Waals surface area contributed by atoms with Gasteiger partial charge >= 0.3 is 17.6 Å². The highest BCUT2D eigenvalue weighted by Gasteiger charge is 2.53. The fraction of sp³-hybridized carbons (Fsp3) is 0.353. The van der Waals surface area contributed by atoms with Gasteiger partial charge in [0.1, 0.15) is 11.3 Å². The van der Waals surface area contributed by atoms with E-state index in [1.165, 1.54) is 33.9 Å². The molecule has 7 bridgehead atoms. The van der Waals surface area contributed by atoms with Gasteiger partial charge in [0.25, 0.3) is 0 Å². The minimum absolute atomic E-state index is 0.0109. The van der Waals surface area contributed by atoms with Crippen molar-refractivity contribution in [3.05, 3.63) is 158 Å². The molecule has 0 N–H and O–H groups in total. The van der Waals surface area contributed by atoms with E-state index >= 15 is 0 Å². The molecule has 0 fully saturated rings. The minimum Gasteiger partial charge on any atom is -0.482 e. The highest BCUT2D eigenvalue weighted by atomic mass is 16.6. The van der Waals surface area contributed by atoms with Crippen molar-refractivity contribution >= 4 is 22.9 Å². The number of hydrogen-bond acceptors (Lipinski definition) is 7. The van der Waals surface area contributed by atoms with E-state index in [0.717, 1.165) is 43.2 Å². The zero-order valence-corrected chi connectivity index (χ0v) is 33.3. The summed E-state index contributed by atoms with van der Waals surface area (Å²) in [4.78, 5) is 41.8. The van der Waals surface area contributed by atoms with Crippen LogP contribution in [0.15, 0.2) is 117 Å². The number of ether oxygens (including phenoxy) is 3. The monoisotopic (exact) mass is 772 g/mol. The number of aryl methyl sites for hydroxylation is 2. The molecule has 58 heavy (non-hydrogen) atoms. The Hall–Kier alpha value is -5.87. The Morgan fingerprint density at radius 3 is 2.47 bits per heavy atom. The van der Waals surface area contributed by atoms with Crippen LogP contribution in [0.4, 0.5) is 0 Å². The summed E-state index contributed by atoms with van der Waals surface area (Å²) in [5, 5.41) is 0.637. The Kier molecular flexibility index (Phi) is 10.1. The van der Waals surface area contributed by atoms with E-state index in [4.69, 9.17) is 18.6 Å². The molecule has 10 rings (SSSR count). The van der Waals surface area contributed by atoms with Crippen LogP contribution < -0.4 is 10.4 Å². The molecule has 4 aromatic carbocycles. The van der Waals surface area contributed by atoms with Crippen molar-refractivity contribution in [1.82, 2.24) is 0 Å². The zero-order valence-electron chi connectivity index (χ0n) is 33.3. The molecular formula is C51H48O7. The first-order valence-corrected chi connectivity index (χ1v) is 20.7. The second kappa shape index (κ2) is 15.5. The summed E-state index contributed by atoms with van der Waals surface area (Å²) >= 11 is 0. The van der Waals surface area contributed by atoms with Crippen molar-refractivity contribution in [1.29, 1.82) is 0 Å². The number of rotatable bonds is 5. The average molecular weight is 773 g/mol. The van der Waals surface area contributed by atoms with Crippen LogP contribution in [0.3, 0.4) is 0 Å². The molecule has 1 aromatic heterocycles. The third-order valence-electron chi connectivity index (χ3n) is 12.8. The SMILES string of the molecule is CC(C)=C1CCc2ccc3c(c2)[C@@H]2C#CC[C@@]4(C)Oc5ccc6ccc(=O)oc6c5[C@@H](OC(=O)C[C@@H](CCc5cccc(Cc6ccccc6)c5)[C@H]3CC2)[C@@H]4OC1=O. The Morgan fingerprint density at radius 2 is 1.62 bits per heavy atom. The van der Waals surface area contributed by atoms with Crippen molar-refractivity contribution in [2.45, 2.75) is 108 Å². The zero-order chi connectivity index (χ0) is 40.0. The second-order valence-electron chi connectivity index (χ2n) is 17.0. The van der Waals surface area contributed by atoms with Crippen molar-refractivity contribution in [2.75, 3.05) is 0 Å². The molecule has 0 unspecified atom stereocenters. The molecule has 6 atom stereocenters. The van der Waals surface area contributed by atoms with Gasteiger partial charge in [-0.15, -0.1) is 0 Å². The fourth-order valence-electron chi connectivity index (χ4n) is 9.72. The number of carbonyl (C=O) groups is 2. The lowest BCUT2D eigenvalue weighted by Crippen LogP contribution is -2.54. The van der Waals surface area contributed by atoms with E-state index in [0.29, 0.717) is 35.1 Å². The quantitative estimate of drug-likeness (QED) is 0.0760. The number of benzene rings is 4. The summed E-state index contributed by atoms with van der Waals surface area (Å²) < 4.78 is 25.8. The summed E-state index contributed by atoms with van der Waals surface area (Å²) in [5.41, 5.74) is 7.64. The molecule has 7 heteroatoms. The summed E-state index contributed by atoms with van der Waals surface area (Å²) in [6, 6.07) is 32.7. The number of fused-ring (bicyclic) bond motifs is 8. The molecule has 7 nitrogen and oxygen atoms in total. The van der Waals surface area contributed by atoms with Gasteiger partial charge in [0.2, 0.25) is 0 Å². The standard InChI is InChI=1S/C51H48O7/c1-31(2)39-21-15-34-16-22-41-40-23-18-36(42(41)29-34)13-8-26-51(3)49(57-50(39)54)48(46-43(58-51)24-19-37-20-25-44(52)55-47(37)46)56-45(53)30-38(40)17-14-33-11-7-12-35(28-33)27-32-9-5-4-6-10-32/h4-7,9-12,16,19-20,22,24-25,28-29,36,38,40,48-49H,14-15,17-18,21,23,26-27,30H2,1-3H3/t36-,38-,40-,48-,49+,51-/m1/s1. The highest BCUT2D eigenvalue weighted by Crippen LogP contribution is 2.50. The molecule has 5 aliphatic rings. The van der Waals surface area contributed by atoms with Gasteiger partial charge < -0.3 is 18.6 Å². The maximum absolute atomic E-state index is 14.7. The second-order valence-corrected chi connectivity index (χ2v) is 17.0. The molecule has 1 aliphatic carbocycles. The van der Waals surface area contributed by atoms with Gasteiger partial charge in [0.15, 0.2) is 17.8 Å². The van der Waals surface area contributed by atoms with Crippen LogP contribution in [-0.4, -0.2) is 23.6 Å². The largest absolute Gasteiger partial charge is 0.482 e. The Morgan fingerprint density at radius 1 is 0.810 bits per heavy atom. The van der Waals surface area contributed by atoms with E-state index in [2.05, 4.69) is 78.6 Å². The molecule has 0 amide bonds. The maximum Gasteiger partial charge on any atom is 0.336 e. The van der Waals surface area contributed by atoms with Crippen LogP contribution >= 0.6 is 0 Å². The fourth-order valence-corrected chi connectivity index (χ4v) is 9.72. The topological polar surface area (TPSA) is 92.0 Å². The first kappa shape index (κ1) is 37.7. The minimum atomic E-state index is -1.21. The third-order valence-corrected chi connectivity index (χ3v) is 12.8. The highest BCUT2D eigenvalue weighted by molar-refractivity contribution is 5.90. The lowest BCUT2D eigenvalue weighted by Gasteiger charge is -2.45. The summed E-state index contributed by atoms with van der Waals surface area (Å²) in [6.07, 6.45) is 3.47. The average Bonchev–Trinajstić information content (AvgIpc) is 3.20. The number of esters is 2. The van der Waals surface area contributed by atoms with Crippen molar-refractivity contribution in [2.24, 2.45) is 5.92 Å². The molecule has 5 heterocycles. The molecule has 0 radical (unpaired) electrons. The van der Waals surface area contributed by atoms with Crippen molar-refractivity contribution in [3.63, 3.8) is 0 Å². The van der Waals surface area contributed by atoms with Gasteiger partial charge in [-0.25, -0.2) is 9.59 Å². The maximum atomic E-state index is 14.7. The Labute approximate surface area is 339 Å². The van der Waals surface area contributed by atoms with E-state index in [1.54, 1.807) is 12.1 Å². The van der Waals surface area contributed by atoms with Crippen LogP contribution in [-0.2, 0) is 38.3 Å². The van der Waals surface area contributed by atoms with Gasteiger partial charge in [0, 0.05) is 29.4 Å². The van der Waals surface area contributed by atoms with Crippen LogP contribution in [0.1, 0.15) is 116 Å². The summed E-state index contributed by atoms with van der Waals surface area (Å²) in [6.45, 7) is 5.71. The number of allylic oxidation sites excluding steroid dienone is 1. The lowest BCUT2D eigenvalue weighted by molar-refractivity contribution is -0.190. The van der Waals surface area contributed by atoms with Crippen LogP contribution in [0.2, 0.25) is 0 Å². The van der Waals surface area contributed by atoms with Gasteiger partial charge in [-0.3, -0.25) is 4.79 Å². The predicted molar refractivity (Wildman–Crippen MR) is 223 cm³/mol. The first-order chi connectivity index (χ1) is 28.1. The number of hydrogen-bond donors (Lipinski definition) is 0. The molecule has 294 valence electrons. The van der Waals surface area contributed by atoms with Crippen molar-refractivity contribution in [3.8, 4) is 17.6 Å². The molecular weight excluding hydrogens is 725 g/mol. The van der Waals surface area contributed by atoms with Crippen LogP contribution in [0, 0.1) is 17.8 Å². The van der Waals surface area contributed by atoms with Gasteiger partial charge in [0.05, 0.1) is 12.0 Å². The predicted octanol–water partition coefficient (Wildman–Crippen LogP) is 10.0. The number of carbonyl (C=O) groups excluding carboxylic acids is 2. The smallest absolute Gasteiger partial charge is 0.336 e. The van der Waals surface area contributed by atoms with E-state index in [9.17, 15) is 14.4 Å². The van der Waals surface area contributed by atoms with E-state index in [1.807, 2.05) is 32.9 Å². The van der Waals surface area contributed by atoms with Crippen LogP contribution in [0.25, 0.3) is 11.0 Å². The van der Waals surface area contributed by atoms with Gasteiger partial charge in [-0.2, -0.15) is 0 Å². The van der Waals surface area contributed by atoms with Gasteiger partial charge in [-0.1, -0.05) is 90.2 Å². The Balaban J connectivity index is 1.17. The molecule has 5 aromatic rings. The van der Waals surface area contributed by atoms with Crippen LogP contribution in [0.5, 0.6) is 5.75 Å². The first-order valence-electron chi connectivity index (χ1n) is 20.7.